The van der Waals surface area contributed by atoms with E-state index < -0.39 is 12.7 Å². The van der Waals surface area contributed by atoms with Crippen LogP contribution in [0, 0.1) is 0 Å². The molecule has 1 atom stereocenters. The molecule has 0 heterocycles. The molecule has 3 N–H and O–H groups in total. The lowest BCUT2D eigenvalue weighted by atomic mass is 10.1. The molecule has 0 saturated heterocycles. The summed E-state index contributed by atoms with van der Waals surface area (Å²) >= 11 is 1.60. The number of carbonyl (C=O) groups is 1. The highest BCUT2D eigenvalue weighted by Crippen LogP contribution is 2.43. The summed E-state index contributed by atoms with van der Waals surface area (Å²) in [6, 6.07) is 7.87. The first kappa shape index (κ1) is 13.5. The lowest BCUT2D eigenvalue weighted by Gasteiger charge is -2.21. The minimum absolute atomic E-state index is 0.395. The topological polar surface area (TPSA) is 55.1 Å². The molecule has 0 aliphatic heterocycles. The van der Waals surface area contributed by atoms with Gasteiger partial charge in [0.1, 0.15) is 6.29 Å². The Hall–Kier alpha value is -0.570. The van der Waals surface area contributed by atoms with Gasteiger partial charge >= 0.3 is 0 Å². The fourth-order valence-corrected chi connectivity index (χ4v) is 3.91. The highest BCUT2D eigenvalue weighted by molar-refractivity contribution is 8.56. The minimum atomic E-state index is -0.485. The molecule has 3 nitrogen and oxygen atoms in total. The van der Waals surface area contributed by atoms with Gasteiger partial charge in [0.25, 0.3) is 0 Å². The molecular weight excluding hydrogens is 239 g/mol. The van der Waals surface area contributed by atoms with E-state index in [4.69, 9.17) is 5.73 Å². The van der Waals surface area contributed by atoms with E-state index >= 15 is 0 Å². The molecule has 0 radical (unpaired) electrons. The predicted molar refractivity (Wildman–Crippen MR) is 74.2 cm³/mol. The standard InChI is InChI=1S/C11H17N2OPS/c1-11(2,8-14)13-16-15(3)10-6-4-5-9(12)7-10/h4-8,13H,12H2,1-3H3. The quantitative estimate of drug-likeness (QED) is 0.367. The zero-order chi connectivity index (χ0) is 12.2. The van der Waals surface area contributed by atoms with E-state index in [1.165, 1.54) is 5.30 Å². The van der Waals surface area contributed by atoms with Crippen LogP contribution >= 0.6 is 18.7 Å². The summed E-state index contributed by atoms with van der Waals surface area (Å²) in [5, 5.41) is 1.22. The second-order valence-electron chi connectivity index (χ2n) is 4.13. The first-order valence-corrected chi connectivity index (χ1v) is 8.15. The van der Waals surface area contributed by atoms with E-state index in [-0.39, 0.29) is 0 Å². The number of nitrogen functional groups attached to an aromatic ring is 1. The molecule has 0 aliphatic rings. The third-order valence-corrected chi connectivity index (χ3v) is 5.60. The molecule has 1 rings (SSSR count). The van der Waals surface area contributed by atoms with Crippen molar-refractivity contribution in [1.82, 2.24) is 4.72 Å². The van der Waals surface area contributed by atoms with E-state index in [0.29, 0.717) is 0 Å². The lowest BCUT2D eigenvalue weighted by Crippen LogP contribution is -2.35. The third kappa shape index (κ3) is 4.12. The van der Waals surface area contributed by atoms with Crippen molar-refractivity contribution >= 4 is 36.0 Å². The Labute approximate surface area is 102 Å². The Morgan fingerprint density at radius 2 is 2.19 bits per heavy atom. The summed E-state index contributed by atoms with van der Waals surface area (Å²) in [7, 11) is -0.395. The van der Waals surface area contributed by atoms with E-state index in [1.807, 2.05) is 32.0 Å². The summed E-state index contributed by atoms with van der Waals surface area (Å²) in [5.41, 5.74) is 6.02. The van der Waals surface area contributed by atoms with Crippen LogP contribution in [0.3, 0.4) is 0 Å². The minimum Gasteiger partial charge on any atom is -0.399 e. The number of rotatable bonds is 5. The number of aldehydes is 1. The monoisotopic (exact) mass is 256 g/mol. The fourth-order valence-electron chi connectivity index (χ4n) is 0.984. The summed E-state index contributed by atoms with van der Waals surface area (Å²) in [5.74, 6) is 0. The predicted octanol–water partition coefficient (Wildman–Crippen LogP) is 2.14. The number of hydrogen-bond donors (Lipinski definition) is 2. The van der Waals surface area contributed by atoms with Gasteiger partial charge in [0.05, 0.1) is 5.54 Å². The van der Waals surface area contributed by atoms with Crippen LogP contribution in [0.15, 0.2) is 24.3 Å². The number of hydrogen-bond acceptors (Lipinski definition) is 4. The third-order valence-electron chi connectivity index (χ3n) is 1.97. The van der Waals surface area contributed by atoms with Gasteiger partial charge in [-0.2, -0.15) is 0 Å². The summed E-state index contributed by atoms with van der Waals surface area (Å²) in [4.78, 5) is 10.7. The summed E-state index contributed by atoms with van der Waals surface area (Å²) in [6.45, 7) is 5.85. The molecule has 0 bridgehead atoms. The maximum atomic E-state index is 10.7. The normalized spacial score (nSPS) is 13.4. The Balaban J connectivity index is 2.59. The Kier molecular flexibility index (Phi) is 4.78. The number of benzene rings is 1. The van der Waals surface area contributed by atoms with E-state index in [0.717, 1.165) is 12.0 Å². The fraction of sp³-hybridized carbons (Fsp3) is 0.364. The van der Waals surface area contributed by atoms with E-state index in [2.05, 4.69) is 17.5 Å². The second-order valence-corrected chi connectivity index (χ2v) is 8.21. The zero-order valence-electron chi connectivity index (χ0n) is 9.73. The van der Waals surface area contributed by atoms with Crippen molar-refractivity contribution in [2.45, 2.75) is 19.4 Å². The number of anilines is 1. The largest absolute Gasteiger partial charge is 0.399 e. The van der Waals surface area contributed by atoms with Crippen LogP contribution in [0.1, 0.15) is 13.8 Å². The molecule has 0 saturated carbocycles. The average molecular weight is 256 g/mol. The van der Waals surface area contributed by atoms with Crippen molar-refractivity contribution in [3.63, 3.8) is 0 Å². The van der Waals surface area contributed by atoms with Gasteiger partial charge in [-0.15, -0.1) is 0 Å². The molecule has 1 aromatic carbocycles. The molecule has 16 heavy (non-hydrogen) atoms. The molecule has 0 fully saturated rings. The molecule has 5 heteroatoms. The lowest BCUT2D eigenvalue weighted by molar-refractivity contribution is -0.111. The molecular formula is C11H17N2OPS. The van der Waals surface area contributed by atoms with Gasteiger partial charge in [0, 0.05) is 5.69 Å². The maximum Gasteiger partial charge on any atom is 0.140 e. The molecule has 1 unspecified atom stereocenters. The van der Waals surface area contributed by atoms with E-state index in [1.54, 1.807) is 11.6 Å². The molecule has 0 amide bonds. The van der Waals surface area contributed by atoms with Crippen LogP contribution < -0.4 is 15.8 Å². The van der Waals surface area contributed by atoms with Crippen molar-refractivity contribution in [3.8, 4) is 0 Å². The summed E-state index contributed by atoms with van der Waals surface area (Å²) < 4.78 is 3.16. The van der Waals surface area contributed by atoms with Crippen LogP contribution in [-0.4, -0.2) is 18.5 Å². The SMILES string of the molecule is CP(SNC(C)(C)C=O)c1cccc(N)c1. The van der Waals surface area contributed by atoms with Crippen LogP contribution in [0.4, 0.5) is 5.69 Å². The second kappa shape index (κ2) is 5.67. The van der Waals surface area contributed by atoms with Crippen molar-refractivity contribution in [1.29, 1.82) is 0 Å². The number of nitrogens with two attached hydrogens (primary N) is 1. The van der Waals surface area contributed by atoms with Crippen molar-refractivity contribution in [3.05, 3.63) is 24.3 Å². The van der Waals surface area contributed by atoms with Crippen LogP contribution in [-0.2, 0) is 4.79 Å². The van der Waals surface area contributed by atoms with E-state index in [9.17, 15) is 4.79 Å². The Morgan fingerprint density at radius 3 is 2.75 bits per heavy atom. The Morgan fingerprint density at radius 1 is 1.50 bits per heavy atom. The van der Waals surface area contributed by atoms with Gasteiger partial charge in [0.2, 0.25) is 0 Å². The molecule has 1 aromatic rings. The van der Waals surface area contributed by atoms with Crippen molar-refractivity contribution < 1.29 is 4.79 Å². The van der Waals surface area contributed by atoms with Crippen molar-refractivity contribution in [2.75, 3.05) is 12.4 Å². The number of carbonyl (C=O) groups excluding carboxylic acids is 1. The van der Waals surface area contributed by atoms with Gasteiger partial charge < -0.3 is 10.5 Å². The Bertz CT molecular complexity index is 371. The van der Waals surface area contributed by atoms with Gasteiger partial charge in [-0.05, 0) is 56.6 Å². The van der Waals surface area contributed by atoms with Crippen LogP contribution in [0.5, 0.6) is 0 Å². The zero-order valence-corrected chi connectivity index (χ0v) is 11.4. The van der Waals surface area contributed by atoms with Gasteiger partial charge in [0.15, 0.2) is 0 Å². The van der Waals surface area contributed by atoms with Crippen molar-refractivity contribution in [2.24, 2.45) is 0 Å². The average Bonchev–Trinajstić information content (AvgIpc) is 2.26. The maximum absolute atomic E-state index is 10.7. The van der Waals surface area contributed by atoms with Gasteiger partial charge in [-0.1, -0.05) is 12.1 Å². The van der Waals surface area contributed by atoms with Crippen LogP contribution in [0.25, 0.3) is 0 Å². The first-order valence-electron chi connectivity index (χ1n) is 4.94. The smallest absolute Gasteiger partial charge is 0.140 e. The molecule has 0 spiro atoms. The van der Waals surface area contributed by atoms with Gasteiger partial charge in [-0.25, -0.2) is 4.72 Å². The van der Waals surface area contributed by atoms with Crippen LogP contribution in [0.2, 0.25) is 0 Å². The highest BCUT2D eigenvalue weighted by Gasteiger charge is 2.17. The highest BCUT2D eigenvalue weighted by atomic mass is 32.7. The van der Waals surface area contributed by atoms with Gasteiger partial charge in [-0.3, -0.25) is 0 Å². The molecule has 88 valence electrons. The first-order chi connectivity index (χ1) is 7.44. The summed E-state index contributed by atoms with van der Waals surface area (Å²) in [6.07, 6.45) is 0.919. The number of nitrogens with one attached hydrogen (secondary N) is 1. The molecule has 0 aliphatic carbocycles. The molecule has 0 aromatic heterocycles.